The summed E-state index contributed by atoms with van der Waals surface area (Å²) >= 11 is 0. The summed E-state index contributed by atoms with van der Waals surface area (Å²) in [5.41, 5.74) is 4.09. The Morgan fingerprint density at radius 1 is 1.00 bits per heavy atom. The van der Waals surface area contributed by atoms with E-state index in [1.807, 2.05) is 12.4 Å². The Balaban J connectivity index is 1.52. The van der Waals surface area contributed by atoms with Crippen molar-refractivity contribution in [3.8, 4) is 0 Å². The van der Waals surface area contributed by atoms with Crippen molar-refractivity contribution in [1.29, 1.82) is 0 Å². The monoisotopic (exact) mass is 323 g/mol. The first-order valence-electron chi connectivity index (χ1n) is 8.39. The molecule has 124 valence electrons. The minimum absolute atomic E-state index is 0.775. The highest BCUT2D eigenvalue weighted by atomic mass is 16.5. The maximum atomic E-state index is 5.40. The lowest BCUT2D eigenvalue weighted by atomic mass is 10.2. The molecule has 6 nitrogen and oxygen atoms in total. The maximum Gasteiger partial charge on any atom is 0.163 e. The number of benzene rings is 1. The van der Waals surface area contributed by atoms with Crippen LogP contribution in [-0.4, -0.2) is 57.3 Å². The first-order valence-corrected chi connectivity index (χ1v) is 8.39. The predicted molar refractivity (Wildman–Crippen MR) is 91.8 cm³/mol. The van der Waals surface area contributed by atoms with E-state index in [4.69, 9.17) is 4.74 Å². The van der Waals surface area contributed by atoms with Gasteiger partial charge in [0.2, 0.25) is 0 Å². The SMILES string of the molecule is c1ccc(Cn2cnc3c(CCN4CCOCC4)ncnc32)cc1. The van der Waals surface area contributed by atoms with Gasteiger partial charge in [-0.1, -0.05) is 30.3 Å². The Kier molecular flexibility index (Phi) is 4.49. The molecule has 0 N–H and O–H groups in total. The van der Waals surface area contributed by atoms with E-state index in [0.717, 1.165) is 62.7 Å². The van der Waals surface area contributed by atoms with E-state index < -0.39 is 0 Å². The third-order valence-corrected chi connectivity index (χ3v) is 4.44. The van der Waals surface area contributed by atoms with Gasteiger partial charge in [-0.15, -0.1) is 0 Å². The molecule has 4 rings (SSSR count). The van der Waals surface area contributed by atoms with Gasteiger partial charge in [-0.25, -0.2) is 15.0 Å². The fourth-order valence-corrected chi connectivity index (χ4v) is 3.10. The average Bonchev–Trinajstić information content (AvgIpc) is 3.05. The van der Waals surface area contributed by atoms with E-state index in [9.17, 15) is 0 Å². The molecule has 3 heterocycles. The molecule has 3 aromatic rings. The third kappa shape index (κ3) is 3.29. The van der Waals surface area contributed by atoms with Crippen LogP contribution in [0.4, 0.5) is 0 Å². The second-order valence-electron chi connectivity index (χ2n) is 6.05. The molecule has 0 unspecified atom stereocenters. The average molecular weight is 323 g/mol. The smallest absolute Gasteiger partial charge is 0.163 e. The number of fused-ring (bicyclic) bond motifs is 1. The molecule has 1 fully saturated rings. The molecule has 24 heavy (non-hydrogen) atoms. The molecule has 0 radical (unpaired) electrons. The first kappa shape index (κ1) is 15.2. The summed E-state index contributed by atoms with van der Waals surface area (Å²) in [7, 11) is 0. The van der Waals surface area contributed by atoms with E-state index in [1.165, 1.54) is 5.56 Å². The minimum Gasteiger partial charge on any atom is -0.379 e. The zero-order valence-electron chi connectivity index (χ0n) is 13.6. The van der Waals surface area contributed by atoms with Crippen molar-refractivity contribution in [2.45, 2.75) is 13.0 Å². The van der Waals surface area contributed by atoms with Crippen molar-refractivity contribution in [2.24, 2.45) is 0 Å². The molecule has 1 aliphatic rings. The first-order chi connectivity index (χ1) is 11.9. The van der Waals surface area contributed by atoms with Crippen LogP contribution in [0, 0.1) is 0 Å². The van der Waals surface area contributed by atoms with Crippen LogP contribution < -0.4 is 0 Å². The van der Waals surface area contributed by atoms with Crippen molar-refractivity contribution in [3.05, 3.63) is 54.2 Å². The highest BCUT2D eigenvalue weighted by molar-refractivity contribution is 5.73. The Morgan fingerprint density at radius 2 is 1.83 bits per heavy atom. The van der Waals surface area contributed by atoms with Gasteiger partial charge in [0.05, 0.1) is 31.8 Å². The molecule has 1 aromatic carbocycles. The Bertz CT molecular complexity index is 796. The number of hydrogen-bond donors (Lipinski definition) is 0. The van der Waals surface area contributed by atoms with E-state index in [1.54, 1.807) is 6.33 Å². The molecule has 2 aromatic heterocycles. The Morgan fingerprint density at radius 3 is 2.67 bits per heavy atom. The summed E-state index contributed by atoms with van der Waals surface area (Å²) in [6, 6.07) is 10.4. The second kappa shape index (κ2) is 7.07. The fourth-order valence-electron chi connectivity index (χ4n) is 3.10. The summed E-state index contributed by atoms with van der Waals surface area (Å²) in [4.78, 5) is 15.9. The molecule has 0 saturated carbocycles. The number of imidazole rings is 1. The van der Waals surface area contributed by atoms with Gasteiger partial charge in [-0.3, -0.25) is 4.90 Å². The van der Waals surface area contributed by atoms with E-state index >= 15 is 0 Å². The fraction of sp³-hybridized carbons (Fsp3) is 0.389. The molecule has 0 bridgehead atoms. The summed E-state index contributed by atoms with van der Waals surface area (Å²) < 4.78 is 7.49. The van der Waals surface area contributed by atoms with Gasteiger partial charge >= 0.3 is 0 Å². The standard InChI is InChI=1S/C18H21N5O/c1-2-4-15(5-3-1)12-23-14-21-17-16(19-13-20-18(17)23)6-7-22-8-10-24-11-9-22/h1-5,13-14H,6-12H2. The van der Waals surface area contributed by atoms with Crippen LogP contribution in [0.3, 0.4) is 0 Å². The molecule has 0 atom stereocenters. The largest absolute Gasteiger partial charge is 0.379 e. The molecular formula is C18H21N5O. The quantitative estimate of drug-likeness (QED) is 0.716. The van der Waals surface area contributed by atoms with Crippen LogP contribution in [0.2, 0.25) is 0 Å². The molecule has 1 saturated heterocycles. The number of nitrogens with zero attached hydrogens (tertiary/aromatic N) is 5. The molecular weight excluding hydrogens is 302 g/mol. The van der Waals surface area contributed by atoms with E-state index in [0.29, 0.717) is 0 Å². The third-order valence-electron chi connectivity index (χ3n) is 4.44. The lowest BCUT2D eigenvalue weighted by Gasteiger charge is -2.26. The number of hydrogen-bond acceptors (Lipinski definition) is 5. The normalized spacial score (nSPS) is 15.8. The lowest BCUT2D eigenvalue weighted by Crippen LogP contribution is -2.37. The van der Waals surface area contributed by atoms with Crippen LogP contribution in [0.25, 0.3) is 11.2 Å². The Labute approximate surface area is 141 Å². The Hall–Kier alpha value is -2.31. The highest BCUT2D eigenvalue weighted by Crippen LogP contribution is 2.15. The van der Waals surface area contributed by atoms with Crippen molar-refractivity contribution in [1.82, 2.24) is 24.4 Å². The summed E-state index contributed by atoms with van der Waals surface area (Å²) in [5.74, 6) is 0. The van der Waals surface area contributed by atoms with Crippen LogP contribution in [-0.2, 0) is 17.7 Å². The number of morpholine rings is 1. The van der Waals surface area contributed by atoms with Crippen LogP contribution in [0.1, 0.15) is 11.3 Å². The molecule has 0 aliphatic carbocycles. The highest BCUT2D eigenvalue weighted by Gasteiger charge is 2.14. The van der Waals surface area contributed by atoms with Crippen LogP contribution in [0.15, 0.2) is 43.0 Å². The van der Waals surface area contributed by atoms with Gasteiger partial charge in [-0.2, -0.15) is 0 Å². The van der Waals surface area contributed by atoms with Gasteiger partial charge in [0.1, 0.15) is 11.8 Å². The zero-order chi connectivity index (χ0) is 16.2. The predicted octanol–water partition coefficient (Wildman–Crippen LogP) is 1.75. The van der Waals surface area contributed by atoms with Crippen molar-refractivity contribution < 1.29 is 4.74 Å². The molecule has 0 spiro atoms. The molecule has 0 amide bonds. The minimum atomic E-state index is 0.775. The van der Waals surface area contributed by atoms with Crippen molar-refractivity contribution >= 4 is 11.2 Å². The van der Waals surface area contributed by atoms with Gasteiger partial charge in [0.25, 0.3) is 0 Å². The van der Waals surface area contributed by atoms with Crippen LogP contribution in [0.5, 0.6) is 0 Å². The second-order valence-corrected chi connectivity index (χ2v) is 6.05. The van der Waals surface area contributed by atoms with Gasteiger partial charge < -0.3 is 9.30 Å². The molecule has 1 aliphatic heterocycles. The number of ether oxygens (including phenoxy) is 1. The van der Waals surface area contributed by atoms with E-state index in [-0.39, 0.29) is 0 Å². The van der Waals surface area contributed by atoms with Crippen molar-refractivity contribution in [2.75, 3.05) is 32.8 Å². The van der Waals surface area contributed by atoms with Crippen LogP contribution >= 0.6 is 0 Å². The summed E-state index contributed by atoms with van der Waals surface area (Å²) in [6.45, 7) is 5.40. The maximum absolute atomic E-state index is 5.40. The topological polar surface area (TPSA) is 56.1 Å². The number of aromatic nitrogens is 4. The number of rotatable bonds is 5. The van der Waals surface area contributed by atoms with E-state index in [2.05, 4.69) is 48.7 Å². The zero-order valence-corrected chi connectivity index (χ0v) is 13.6. The van der Waals surface area contributed by atoms with Gasteiger partial charge in [0.15, 0.2) is 5.65 Å². The van der Waals surface area contributed by atoms with Gasteiger partial charge in [-0.05, 0) is 5.56 Å². The molecule has 6 heteroatoms. The summed E-state index contributed by atoms with van der Waals surface area (Å²) in [6.07, 6.45) is 4.41. The van der Waals surface area contributed by atoms with Crippen molar-refractivity contribution in [3.63, 3.8) is 0 Å². The lowest BCUT2D eigenvalue weighted by molar-refractivity contribution is 0.0384. The summed E-state index contributed by atoms with van der Waals surface area (Å²) in [5, 5.41) is 0. The van der Waals surface area contributed by atoms with Gasteiger partial charge in [0, 0.05) is 26.1 Å².